The van der Waals surface area contributed by atoms with Crippen LogP contribution in [0, 0.1) is 5.92 Å². The zero-order valence-corrected chi connectivity index (χ0v) is 23.1. The monoisotopic (exact) mass is 525 g/mol. The Balaban J connectivity index is 1.25. The number of ether oxygens (including phenoxy) is 3. The van der Waals surface area contributed by atoms with Crippen LogP contribution in [0.3, 0.4) is 0 Å². The first kappa shape index (κ1) is 28.5. The quantitative estimate of drug-likeness (QED) is 0.319. The maximum absolute atomic E-state index is 12.6. The van der Waals surface area contributed by atoms with Crippen molar-refractivity contribution in [3.05, 3.63) is 59.2 Å². The lowest BCUT2D eigenvalue weighted by Crippen LogP contribution is -2.47. The van der Waals surface area contributed by atoms with Gasteiger partial charge >= 0.3 is 0 Å². The van der Waals surface area contributed by atoms with Crippen molar-refractivity contribution < 1.29 is 23.8 Å². The van der Waals surface area contributed by atoms with Crippen LogP contribution in [0.25, 0.3) is 0 Å². The highest BCUT2D eigenvalue weighted by Crippen LogP contribution is 2.43. The molecule has 4 N–H and O–H groups in total. The molecular formula is C30H43N3O5. The van der Waals surface area contributed by atoms with E-state index >= 15 is 0 Å². The van der Waals surface area contributed by atoms with Crippen LogP contribution in [0.2, 0.25) is 0 Å². The standard InChI is InChI=1S/C30H43N3O5/c1-19(6-12-27-20(2)13-26(32-4)21(3)37-27)5-11-24-15-30(18-36-30)16-25(38-24)14-28(34)33-17-22-7-9-23(10-8-22)29(31)35/h5-11,20-21,24-27,32H,12-18H2,1-4H3,(H2,31,35)(H,33,34)/b11-5+,19-6+/t20?,21?,24?,25-,26?,27?,30?/m1/s1. The van der Waals surface area contributed by atoms with Gasteiger partial charge < -0.3 is 30.6 Å². The fourth-order valence-corrected chi connectivity index (χ4v) is 5.56. The van der Waals surface area contributed by atoms with Crippen LogP contribution in [0.15, 0.2) is 48.1 Å². The van der Waals surface area contributed by atoms with E-state index in [2.05, 4.69) is 49.6 Å². The Morgan fingerprint density at radius 3 is 2.55 bits per heavy atom. The van der Waals surface area contributed by atoms with Crippen molar-refractivity contribution in [2.45, 2.75) is 95.5 Å². The molecule has 0 aromatic heterocycles. The molecule has 0 saturated carbocycles. The number of epoxide rings is 1. The molecule has 8 heteroatoms. The van der Waals surface area contributed by atoms with Crippen molar-refractivity contribution in [2.75, 3.05) is 13.7 Å². The number of benzene rings is 1. The van der Waals surface area contributed by atoms with E-state index in [0.29, 0.717) is 24.1 Å². The number of primary amides is 1. The zero-order chi connectivity index (χ0) is 27.3. The van der Waals surface area contributed by atoms with Gasteiger partial charge in [0.25, 0.3) is 0 Å². The lowest BCUT2D eigenvalue weighted by atomic mass is 9.88. The van der Waals surface area contributed by atoms with Crippen LogP contribution >= 0.6 is 0 Å². The highest BCUT2D eigenvalue weighted by atomic mass is 16.6. The number of carbonyl (C=O) groups excluding carboxylic acids is 2. The van der Waals surface area contributed by atoms with Gasteiger partial charge in [-0.2, -0.15) is 0 Å². The number of nitrogens with two attached hydrogens (primary N) is 1. The van der Waals surface area contributed by atoms with E-state index in [9.17, 15) is 9.59 Å². The third-order valence-electron chi connectivity index (χ3n) is 8.07. The molecule has 0 aliphatic carbocycles. The molecule has 3 heterocycles. The van der Waals surface area contributed by atoms with Crippen LogP contribution in [0.1, 0.15) is 68.8 Å². The fourth-order valence-electron chi connectivity index (χ4n) is 5.56. The molecule has 3 aliphatic heterocycles. The second-order valence-corrected chi connectivity index (χ2v) is 11.2. The summed E-state index contributed by atoms with van der Waals surface area (Å²) in [5, 5.41) is 6.31. The molecule has 3 saturated heterocycles. The summed E-state index contributed by atoms with van der Waals surface area (Å²) in [7, 11) is 2.00. The predicted molar refractivity (Wildman–Crippen MR) is 146 cm³/mol. The molecule has 0 radical (unpaired) electrons. The Bertz CT molecular complexity index is 1030. The molecule has 1 aromatic carbocycles. The van der Waals surface area contributed by atoms with Crippen LogP contribution in [0.4, 0.5) is 0 Å². The number of hydrogen-bond donors (Lipinski definition) is 3. The fraction of sp³-hybridized carbons (Fsp3) is 0.600. The first-order valence-corrected chi connectivity index (χ1v) is 13.8. The minimum absolute atomic E-state index is 0.0678. The smallest absolute Gasteiger partial charge is 0.248 e. The molecule has 4 rings (SSSR count). The van der Waals surface area contributed by atoms with E-state index in [-0.39, 0.29) is 42.3 Å². The summed E-state index contributed by atoms with van der Waals surface area (Å²) < 4.78 is 18.3. The van der Waals surface area contributed by atoms with Gasteiger partial charge in [-0.15, -0.1) is 0 Å². The summed E-state index contributed by atoms with van der Waals surface area (Å²) in [5.41, 5.74) is 7.66. The number of nitrogens with one attached hydrogen (secondary N) is 2. The molecule has 3 fully saturated rings. The third kappa shape index (κ3) is 7.76. The van der Waals surface area contributed by atoms with Crippen molar-refractivity contribution in [3.8, 4) is 0 Å². The number of hydrogen-bond acceptors (Lipinski definition) is 6. The molecule has 0 bridgehead atoms. The van der Waals surface area contributed by atoms with Gasteiger partial charge in [0.05, 0.1) is 43.0 Å². The highest BCUT2D eigenvalue weighted by molar-refractivity contribution is 5.92. The molecule has 208 valence electrons. The third-order valence-corrected chi connectivity index (χ3v) is 8.07. The second kappa shape index (κ2) is 12.6. The van der Waals surface area contributed by atoms with Crippen LogP contribution in [-0.4, -0.2) is 61.5 Å². The average Bonchev–Trinajstić information content (AvgIpc) is 3.63. The average molecular weight is 526 g/mol. The van der Waals surface area contributed by atoms with E-state index in [0.717, 1.165) is 37.9 Å². The van der Waals surface area contributed by atoms with Gasteiger partial charge in [0, 0.05) is 31.0 Å². The van der Waals surface area contributed by atoms with Gasteiger partial charge in [-0.3, -0.25) is 9.59 Å². The molecule has 1 spiro atoms. The number of allylic oxidation sites excluding steroid dienone is 2. The molecule has 3 aliphatic rings. The van der Waals surface area contributed by atoms with Gasteiger partial charge in [0.2, 0.25) is 11.8 Å². The first-order chi connectivity index (χ1) is 18.2. The van der Waals surface area contributed by atoms with Gasteiger partial charge in [0.1, 0.15) is 0 Å². The Kier molecular flexibility index (Phi) is 9.41. The highest BCUT2D eigenvalue weighted by Gasteiger charge is 2.51. The largest absolute Gasteiger partial charge is 0.373 e. The van der Waals surface area contributed by atoms with E-state index in [1.165, 1.54) is 5.57 Å². The summed E-state index contributed by atoms with van der Waals surface area (Å²) in [5.74, 6) is -0.0284. The number of amides is 2. The topological polar surface area (TPSA) is 115 Å². The van der Waals surface area contributed by atoms with Crippen LogP contribution in [0.5, 0.6) is 0 Å². The van der Waals surface area contributed by atoms with Crippen molar-refractivity contribution in [1.29, 1.82) is 0 Å². The Labute approximate surface area is 226 Å². The van der Waals surface area contributed by atoms with E-state index in [1.807, 2.05) is 7.05 Å². The van der Waals surface area contributed by atoms with Crippen LogP contribution in [-0.2, 0) is 25.5 Å². The molecule has 7 atom stereocenters. The number of rotatable bonds is 10. The Hall–Kier alpha value is -2.52. The number of likely N-dealkylation sites (N-methyl/N-ethyl adjacent to an activating group) is 1. The number of carbonyl (C=O) groups is 2. The lowest BCUT2D eigenvalue weighted by Gasteiger charge is -2.38. The SMILES string of the molecule is CNC1CC(C)C(C/C=C(C)/C=C/C2CC3(CO3)C[C@@H](CC(=O)NCc3ccc(C(N)=O)cc3)O2)OC1C. The molecular weight excluding hydrogens is 482 g/mol. The minimum atomic E-state index is -0.467. The van der Waals surface area contributed by atoms with E-state index in [1.54, 1.807) is 24.3 Å². The van der Waals surface area contributed by atoms with Gasteiger partial charge in [-0.1, -0.05) is 42.9 Å². The molecule has 6 unspecified atom stereocenters. The summed E-state index contributed by atoms with van der Waals surface area (Å²) in [6.07, 6.45) is 10.5. The van der Waals surface area contributed by atoms with Crippen molar-refractivity contribution >= 4 is 11.8 Å². The summed E-state index contributed by atoms with van der Waals surface area (Å²) >= 11 is 0. The molecule has 38 heavy (non-hydrogen) atoms. The van der Waals surface area contributed by atoms with Crippen molar-refractivity contribution in [1.82, 2.24) is 10.6 Å². The van der Waals surface area contributed by atoms with Gasteiger partial charge in [-0.25, -0.2) is 0 Å². The molecule has 2 amide bonds. The maximum Gasteiger partial charge on any atom is 0.248 e. The lowest BCUT2D eigenvalue weighted by molar-refractivity contribution is -0.127. The predicted octanol–water partition coefficient (Wildman–Crippen LogP) is 3.40. The first-order valence-electron chi connectivity index (χ1n) is 13.8. The van der Waals surface area contributed by atoms with Gasteiger partial charge in [0.15, 0.2) is 0 Å². The van der Waals surface area contributed by atoms with E-state index in [4.69, 9.17) is 19.9 Å². The normalized spacial score (nSPS) is 33.4. The maximum atomic E-state index is 12.6. The second-order valence-electron chi connectivity index (χ2n) is 11.2. The minimum Gasteiger partial charge on any atom is -0.373 e. The van der Waals surface area contributed by atoms with Gasteiger partial charge in [-0.05, 0) is 57.4 Å². The Morgan fingerprint density at radius 1 is 1.16 bits per heavy atom. The van der Waals surface area contributed by atoms with Crippen molar-refractivity contribution in [3.63, 3.8) is 0 Å². The van der Waals surface area contributed by atoms with Crippen LogP contribution < -0.4 is 16.4 Å². The summed E-state index contributed by atoms with van der Waals surface area (Å²) in [4.78, 5) is 23.9. The van der Waals surface area contributed by atoms with E-state index < -0.39 is 5.91 Å². The van der Waals surface area contributed by atoms with Crippen molar-refractivity contribution in [2.24, 2.45) is 11.7 Å². The molecule has 8 nitrogen and oxygen atoms in total. The molecule has 1 aromatic rings. The summed E-state index contributed by atoms with van der Waals surface area (Å²) in [6.45, 7) is 7.63. The summed E-state index contributed by atoms with van der Waals surface area (Å²) in [6, 6.07) is 7.33. The zero-order valence-electron chi connectivity index (χ0n) is 23.1. The Morgan fingerprint density at radius 2 is 1.89 bits per heavy atom.